The fraction of sp³-hybridized carbons (Fsp3) is 0.200. The van der Waals surface area contributed by atoms with Gasteiger partial charge in [-0.1, -0.05) is 108 Å². The first kappa shape index (κ1) is 30.5. The van der Waals surface area contributed by atoms with Gasteiger partial charge in [0.2, 0.25) is 0 Å². The van der Waals surface area contributed by atoms with Crippen LogP contribution in [-0.2, 0) is 10.8 Å². The topological polar surface area (TPSA) is 65.2 Å². The van der Waals surface area contributed by atoms with Gasteiger partial charge in [0.25, 0.3) is 0 Å². The Morgan fingerprint density at radius 1 is 0.455 bits per heavy atom. The Hall–Kier alpha value is -4.96. The van der Waals surface area contributed by atoms with Crippen LogP contribution in [0, 0.1) is 0 Å². The van der Waals surface area contributed by atoms with Crippen LogP contribution < -0.4 is 0 Å². The number of benzene rings is 5. The lowest BCUT2D eigenvalue weighted by molar-refractivity contribution is 0.445. The Balaban J connectivity index is 1.48. The van der Waals surface area contributed by atoms with Crippen molar-refractivity contribution in [3.05, 3.63) is 131 Å². The van der Waals surface area contributed by atoms with Crippen molar-refractivity contribution in [1.29, 1.82) is 0 Å². The van der Waals surface area contributed by atoms with Gasteiger partial charge < -0.3 is 10.2 Å². The second-order valence-electron chi connectivity index (χ2n) is 13.2. The lowest BCUT2D eigenvalue weighted by atomic mass is 9.83. The predicted molar refractivity (Wildman–Crippen MR) is 185 cm³/mol. The third-order valence-electron chi connectivity index (χ3n) is 7.64. The quantitative estimate of drug-likeness (QED) is 0.196. The van der Waals surface area contributed by atoms with Crippen LogP contribution in [0.25, 0.3) is 22.3 Å². The van der Waals surface area contributed by atoms with Crippen LogP contribution in [0.5, 0.6) is 11.5 Å². The van der Waals surface area contributed by atoms with Crippen LogP contribution in [0.1, 0.15) is 63.8 Å². The molecule has 0 spiro atoms. The molecule has 5 rings (SSSR count). The Kier molecular flexibility index (Phi) is 8.55. The summed E-state index contributed by atoms with van der Waals surface area (Å²) in [6.07, 6.45) is 3.43. The molecule has 0 radical (unpaired) electrons. The number of phenolic OH excluding ortho intramolecular Hbond substituents is 2. The smallest absolute Gasteiger partial charge is 0.128 e. The summed E-state index contributed by atoms with van der Waals surface area (Å²) in [5.41, 5.74) is 8.18. The summed E-state index contributed by atoms with van der Waals surface area (Å²) in [4.78, 5) is 9.44. The molecule has 44 heavy (non-hydrogen) atoms. The van der Waals surface area contributed by atoms with Gasteiger partial charge in [0.15, 0.2) is 0 Å². The predicted octanol–water partition coefficient (Wildman–Crippen LogP) is 10.5. The second-order valence-corrected chi connectivity index (χ2v) is 13.2. The van der Waals surface area contributed by atoms with E-state index in [2.05, 4.69) is 77.9 Å². The standard InChI is InChI=1S/C40H40N2O2/c1-39(2,3)35-22-29(27-14-9-7-10-15-27)20-31(37(35)43)25-41-33-18-13-19-34(24-33)42-26-32-21-30(28-16-11-8-12-17-28)23-36(38(32)44)40(4,5)6/h7-26,43-44H,1-6H3. The molecule has 0 aliphatic heterocycles. The first-order chi connectivity index (χ1) is 20.9. The zero-order chi connectivity index (χ0) is 31.5. The maximum atomic E-state index is 11.2. The van der Waals surface area contributed by atoms with Crippen molar-refractivity contribution < 1.29 is 10.2 Å². The molecule has 0 aliphatic rings. The van der Waals surface area contributed by atoms with Gasteiger partial charge in [0, 0.05) is 34.7 Å². The van der Waals surface area contributed by atoms with E-state index >= 15 is 0 Å². The highest BCUT2D eigenvalue weighted by Crippen LogP contribution is 2.38. The lowest BCUT2D eigenvalue weighted by Gasteiger charge is -2.23. The highest BCUT2D eigenvalue weighted by molar-refractivity contribution is 5.90. The Bertz CT molecular complexity index is 1690. The van der Waals surface area contributed by atoms with Crippen LogP contribution in [0.4, 0.5) is 11.4 Å². The molecule has 0 bridgehead atoms. The van der Waals surface area contributed by atoms with Crippen molar-refractivity contribution in [2.75, 3.05) is 0 Å². The van der Waals surface area contributed by atoms with E-state index in [1.54, 1.807) is 12.4 Å². The van der Waals surface area contributed by atoms with E-state index in [0.29, 0.717) is 22.5 Å². The van der Waals surface area contributed by atoms with Gasteiger partial charge >= 0.3 is 0 Å². The summed E-state index contributed by atoms with van der Waals surface area (Å²) in [6.45, 7) is 12.6. The Morgan fingerprint density at radius 2 is 0.841 bits per heavy atom. The number of hydrogen-bond acceptors (Lipinski definition) is 4. The van der Waals surface area contributed by atoms with E-state index in [0.717, 1.165) is 33.4 Å². The van der Waals surface area contributed by atoms with E-state index in [9.17, 15) is 10.2 Å². The molecule has 222 valence electrons. The van der Waals surface area contributed by atoms with Gasteiger partial charge in [-0.2, -0.15) is 0 Å². The number of aromatic hydroxyl groups is 2. The zero-order valence-corrected chi connectivity index (χ0v) is 26.3. The molecule has 0 fully saturated rings. The van der Waals surface area contributed by atoms with Gasteiger partial charge in [-0.25, -0.2) is 0 Å². The molecule has 0 atom stereocenters. The molecule has 0 aromatic heterocycles. The largest absolute Gasteiger partial charge is 0.507 e. The van der Waals surface area contributed by atoms with E-state index in [1.807, 2.05) is 72.8 Å². The van der Waals surface area contributed by atoms with E-state index in [1.165, 1.54) is 0 Å². The average Bonchev–Trinajstić information content (AvgIpc) is 3.00. The van der Waals surface area contributed by atoms with Crippen molar-refractivity contribution in [2.45, 2.75) is 52.4 Å². The molecular formula is C40H40N2O2. The number of aliphatic imine (C=N–C) groups is 2. The molecule has 4 nitrogen and oxygen atoms in total. The van der Waals surface area contributed by atoms with Crippen LogP contribution >= 0.6 is 0 Å². The average molecular weight is 581 g/mol. The van der Waals surface area contributed by atoms with Crippen molar-refractivity contribution in [2.24, 2.45) is 9.98 Å². The third kappa shape index (κ3) is 6.98. The maximum Gasteiger partial charge on any atom is 0.128 e. The number of nitrogens with zero attached hydrogens (tertiary/aromatic N) is 2. The summed E-state index contributed by atoms with van der Waals surface area (Å²) < 4.78 is 0. The van der Waals surface area contributed by atoms with Crippen molar-refractivity contribution in [3.63, 3.8) is 0 Å². The molecular weight excluding hydrogens is 540 g/mol. The molecule has 0 unspecified atom stereocenters. The summed E-state index contributed by atoms with van der Waals surface area (Å²) in [5, 5.41) is 22.4. The van der Waals surface area contributed by atoms with Crippen molar-refractivity contribution >= 4 is 23.8 Å². The highest BCUT2D eigenvalue weighted by Gasteiger charge is 2.22. The summed E-state index contributed by atoms with van der Waals surface area (Å²) in [6, 6.07) is 36.0. The van der Waals surface area contributed by atoms with Crippen molar-refractivity contribution in [1.82, 2.24) is 0 Å². The fourth-order valence-corrected chi connectivity index (χ4v) is 5.19. The highest BCUT2D eigenvalue weighted by atomic mass is 16.3. The summed E-state index contributed by atoms with van der Waals surface area (Å²) in [7, 11) is 0. The molecule has 5 aromatic rings. The van der Waals surface area contributed by atoms with Gasteiger partial charge in [0.05, 0.1) is 11.4 Å². The molecule has 0 heterocycles. The SMILES string of the molecule is CC(C)(C)c1cc(-c2ccccc2)cc(C=Nc2cccc(N=Cc3cc(-c4ccccc4)cc(C(C)(C)C)c3O)c2)c1O. The third-order valence-corrected chi connectivity index (χ3v) is 7.64. The normalized spacial score (nSPS) is 12.3. The van der Waals surface area contributed by atoms with Gasteiger partial charge in [0.1, 0.15) is 11.5 Å². The second kappa shape index (κ2) is 12.3. The van der Waals surface area contributed by atoms with Crippen LogP contribution in [0.15, 0.2) is 119 Å². The van der Waals surface area contributed by atoms with E-state index in [4.69, 9.17) is 9.98 Å². The maximum absolute atomic E-state index is 11.2. The number of phenols is 2. The minimum Gasteiger partial charge on any atom is -0.507 e. The van der Waals surface area contributed by atoms with Gasteiger partial charge in [-0.3, -0.25) is 9.98 Å². The molecule has 4 heteroatoms. The molecule has 0 amide bonds. The minimum absolute atomic E-state index is 0.235. The number of hydrogen-bond donors (Lipinski definition) is 2. The van der Waals surface area contributed by atoms with E-state index < -0.39 is 0 Å². The molecule has 0 saturated carbocycles. The monoisotopic (exact) mass is 580 g/mol. The van der Waals surface area contributed by atoms with Crippen LogP contribution in [0.2, 0.25) is 0 Å². The molecule has 0 saturated heterocycles. The number of rotatable bonds is 6. The Labute approximate surface area is 261 Å². The minimum atomic E-state index is -0.248. The summed E-state index contributed by atoms with van der Waals surface area (Å²) >= 11 is 0. The fourth-order valence-electron chi connectivity index (χ4n) is 5.19. The first-order valence-corrected chi connectivity index (χ1v) is 14.9. The van der Waals surface area contributed by atoms with Crippen molar-refractivity contribution in [3.8, 4) is 33.8 Å². The zero-order valence-electron chi connectivity index (χ0n) is 26.3. The first-order valence-electron chi connectivity index (χ1n) is 14.9. The van der Waals surface area contributed by atoms with Crippen LogP contribution in [-0.4, -0.2) is 22.6 Å². The van der Waals surface area contributed by atoms with Gasteiger partial charge in [-0.15, -0.1) is 0 Å². The Morgan fingerprint density at radius 3 is 1.20 bits per heavy atom. The molecule has 5 aromatic carbocycles. The van der Waals surface area contributed by atoms with E-state index in [-0.39, 0.29) is 22.3 Å². The lowest BCUT2D eigenvalue weighted by Crippen LogP contribution is -2.12. The molecule has 2 N–H and O–H groups in total. The molecule has 0 aliphatic carbocycles. The van der Waals surface area contributed by atoms with Gasteiger partial charge in [-0.05, 0) is 75.5 Å². The summed E-state index contributed by atoms with van der Waals surface area (Å²) in [5.74, 6) is 0.470. The van der Waals surface area contributed by atoms with Crippen LogP contribution in [0.3, 0.4) is 0 Å².